The second-order valence-electron chi connectivity index (χ2n) is 7.37. The minimum absolute atomic E-state index is 0.128. The number of likely N-dealkylation sites (N-methyl/N-ethyl adjacent to an activating group) is 1. The van der Waals surface area contributed by atoms with E-state index in [9.17, 15) is 9.59 Å². The minimum atomic E-state index is 0.128. The minimum Gasteiger partial charge on any atom is -0.340 e. The van der Waals surface area contributed by atoms with Crippen LogP contribution in [0.4, 0.5) is 0 Å². The van der Waals surface area contributed by atoms with Crippen molar-refractivity contribution in [3.05, 3.63) is 18.0 Å². The molecule has 7 heteroatoms. The van der Waals surface area contributed by atoms with Gasteiger partial charge in [0.05, 0.1) is 12.7 Å². The molecule has 3 rings (SSSR count). The molecule has 2 aliphatic rings. The van der Waals surface area contributed by atoms with Crippen molar-refractivity contribution in [2.45, 2.75) is 51.2 Å². The number of likely N-dealkylation sites (tertiary alicyclic amines) is 2. The molecule has 3 heterocycles. The highest BCUT2D eigenvalue weighted by molar-refractivity contribution is 5.78. The lowest BCUT2D eigenvalue weighted by Crippen LogP contribution is -2.50. The van der Waals surface area contributed by atoms with Crippen LogP contribution < -0.4 is 0 Å². The van der Waals surface area contributed by atoms with Gasteiger partial charge >= 0.3 is 0 Å². The summed E-state index contributed by atoms with van der Waals surface area (Å²) in [5, 5.41) is 4.15. The molecule has 2 fully saturated rings. The first-order valence-electron chi connectivity index (χ1n) is 9.18. The Balaban J connectivity index is 1.59. The monoisotopic (exact) mass is 347 g/mol. The van der Waals surface area contributed by atoms with Crippen LogP contribution in [0.25, 0.3) is 0 Å². The van der Waals surface area contributed by atoms with Gasteiger partial charge in [-0.3, -0.25) is 19.2 Å². The summed E-state index contributed by atoms with van der Waals surface area (Å²) in [6.45, 7) is 4.47. The normalized spacial score (nSPS) is 24.0. The second kappa shape index (κ2) is 7.56. The zero-order valence-corrected chi connectivity index (χ0v) is 15.5. The third-order valence-electron chi connectivity index (χ3n) is 5.50. The molecular weight excluding hydrogens is 318 g/mol. The molecule has 7 nitrogen and oxygen atoms in total. The van der Waals surface area contributed by atoms with Crippen LogP contribution in [0.15, 0.2) is 12.4 Å². The van der Waals surface area contributed by atoms with Crippen molar-refractivity contribution in [1.82, 2.24) is 24.5 Å². The Morgan fingerprint density at radius 2 is 1.96 bits per heavy atom. The topological polar surface area (TPSA) is 61.7 Å². The molecule has 1 aromatic rings. The van der Waals surface area contributed by atoms with E-state index in [1.807, 2.05) is 25.2 Å². The molecule has 2 aliphatic heterocycles. The van der Waals surface area contributed by atoms with Gasteiger partial charge in [0.15, 0.2) is 0 Å². The molecule has 0 saturated carbocycles. The molecule has 2 saturated heterocycles. The number of carbonyl (C=O) groups excluding carboxylic acids is 2. The van der Waals surface area contributed by atoms with Crippen molar-refractivity contribution in [2.24, 2.45) is 7.05 Å². The summed E-state index contributed by atoms with van der Waals surface area (Å²) < 4.78 is 1.75. The molecule has 2 unspecified atom stereocenters. The Morgan fingerprint density at radius 1 is 1.24 bits per heavy atom. The maximum Gasteiger partial charge on any atom is 0.236 e. The number of hydrogen-bond acceptors (Lipinski definition) is 4. The van der Waals surface area contributed by atoms with Gasteiger partial charge in [-0.05, 0) is 32.2 Å². The Labute approximate surface area is 149 Å². The van der Waals surface area contributed by atoms with Crippen LogP contribution in [0.2, 0.25) is 0 Å². The molecule has 0 spiro atoms. The van der Waals surface area contributed by atoms with Gasteiger partial charge in [-0.2, -0.15) is 5.10 Å². The Kier molecular flexibility index (Phi) is 5.42. The summed E-state index contributed by atoms with van der Waals surface area (Å²) in [6, 6.07) is 0.596. The Morgan fingerprint density at radius 3 is 2.64 bits per heavy atom. The average molecular weight is 347 g/mol. The van der Waals surface area contributed by atoms with Crippen molar-refractivity contribution in [3.8, 4) is 0 Å². The number of aryl methyl sites for hydroxylation is 1. The lowest BCUT2D eigenvalue weighted by atomic mass is 10.0. The Bertz CT molecular complexity index is 629. The van der Waals surface area contributed by atoms with E-state index in [1.54, 1.807) is 22.7 Å². The predicted octanol–water partition coefficient (Wildman–Crippen LogP) is 0.854. The summed E-state index contributed by atoms with van der Waals surface area (Å²) in [5.74, 6) is 0.289. The Hall–Kier alpha value is -1.89. The third kappa shape index (κ3) is 4.03. The molecule has 138 valence electrons. The first-order valence-corrected chi connectivity index (χ1v) is 9.18. The molecule has 2 amide bonds. The molecule has 0 N–H and O–H groups in total. The van der Waals surface area contributed by atoms with Gasteiger partial charge in [-0.1, -0.05) is 0 Å². The fourth-order valence-electron chi connectivity index (χ4n) is 4.28. The van der Waals surface area contributed by atoms with Crippen molar-refractivity contribution in [3.63, 3.8) is 0 Å². The largest absolute Gasteiger partial charge is 0.340 e. The van der Waals surface area contributed by atoms with Gasteiger partial charge in [0.25, 0.3) is 0 Å². The number of rotatable bonds is 5. The highest BCUT2D eigenvalue weighted by atomic mass is 16.2. The molecule has 25 heavy (non-hydrogen) atoms. The molecule has 0 aromatic carbocycles. The van der Waals surface area contributed by atoms with E-state index in [0.29, 0.717) is 19.1 Å². The van der Waals surface area contributed by atoms with Crippen LogP contribution in [0.1, 0.15) is 38.2 Å². The van der Waals surface area contributed by atoms with Gasteiger partial charge in [0.1, 0.15) is 0 Å². The van der Waals surface area contributed by atoms with E-state index in [0.717, 1.165) is 44.3 Å². The van der Waals surface area contributed by atoms with Crippen molar-refractivity contribution >= 4 is 11.8 Å². The fourth-order valence-corrected chi connectivity index (χ4v) is 4.28. The number of hydrogen-bond donors (Lipinski definition) is 0. The van der Waals surface area contributed by atoms with Crippen molar-refractivity contribution in [2.75, 3.05) is 26.7 Å². The average Bonchev–Trinajstić information content (AvgIpc) is 3.27. The number of aromatic nitrogens is 2. The quantitative estimate of drug-likeness (QED) is 0.792. The summed E-state index contributed by atoms with van der Waals surface area (Å²) >= 11 is 0. The van der Waals surface area contributed by atoms with Crippen LogP contribution in [-0.2, 0) is 23.2 Å². The van der Waals surface area contributed by atoms with Gasteiger partial charge in [-0.25, -0.2) is 0 Å². The van der Waals surface area contributed by atoms with E-state index in [2.05, 4.69) is 10.00 Å². The lowest BCUT2D eigenvalue weighted by molar-refractivity contribution is -0.133. The van der Waals surface area contributed by atoms with Crippen LogP contribution in [0.5, 0.6) is 0 Å². The SMILES string of the molecule is CC(=O)N1CCCC1C1CCCN1CC(=O)N(C)Cc1cnn(C)c1. The predicted molar refractivity (Wildman–Crippen MR) is 94.7 cm³/mol. The zero-order chi connectivity index (χ0) is 18.0. The highest BCUT2D eigenvalue weighted by Crippen LogP contribution is 2.30. The van der Waals surface area contributed by atoms with E-state index < -0.39 is 0 Å². The standard InChI is InChI=1S/C18H29N5O2/c1-14(24)23-9-5-7-17(23)16-6-4-8-22(16)13-18(25)20(2)11-15-10-19-21(3)12-15/h10,12,16-17H,4-9,11,13H2,1-3H3. The maximum atomic E-state index is 12.7. The summed E-state index contributed by atoms with van der Waals surface area (Å²) in [7, 11) is 3.72. The summed E-state index contributed by atoms with van der Waals surface area (Å²) in [6.07, 6.45) is 8.04. The molecular formula is C18H29N5O2. The maximum absolute atomic E-state index is 12.7. The third-order valence-corrected chi connectivity index (χ3v) is 5.50. The van der Waals surface area contributed by atoms with Crippen molar-refractivity contribution in [1.29, 1.82) is 0 Å². The molecule has 0 radical (unpaired) electrons. The second-order valence-corrected chi connectivity index (χ2v) is 7.37. The number of amides is 2. The zero-order valence-electron chi connectivity index (χ0n) is 15.5. The van der Waals surface area contributed by atoms with Gasteiger partial charge in [0.2, 0.25) is 11.8 Å². The van der Waals surface area contributed by atoms with E-state index in [-0.39, 0.29) is 17.9 Å². The highest BCUT2D eigenvalue weighted by Gasteiger charge is 2.39. The summed E-state index contributed by atoms with van der Waals surface area (Å²) in [5.41, 5.74) is 1.04. The number of carbonyl (C=O) groups is 2. The molecule has 0 aliphatic carbocycles. The van der Waals surface area contributed by atoms with Crippen LogP contribution >= 0.6 is 0 Å². The van der Waals surface area contributed by atoms with E-state index in [1.165, 1.54) is 0 Å². The van der Waals surface area contributed by atoms with Crippen LogP contribution in [0.3, 0.4) is 0 Å². The lowest BCUT2D eigenvalue weighted by Gasteiger charge is -2.35. The van der Waals surface area contributed by atoms with Crippen molar-refractivity contribution < 1.29 is 9.59 Å². The first kappa shape index (κ1) is 17.9. The van der Waals surface area contributed by atoms with E-state index >= 15 is 0 Å². The van der Waals surface area contributed by atoms with E-state index in [4.69, 9.17) is 0 Å². The van der Waals surface area contributed by atoms with Crippen LogP contribution in [0, 0.1) is 0 Å². The van der Waals surface area contributed by atoms with Gasteiger partial charge < -0.3 is 9.80 Å². The number of nitrogens with zero attached hydrogens (tertiary/aromatic N) is 5. The molecule has 1 aromatic heterocycles. The first-order chi connectivity index (χ1) is 12.0. The smallest absolute Gasteiger partial charge is 0.236 e. The van der Waals surface area contributed by atoms with Gasteiger partial charge in [-0.15, -0.1) is 0 Å². The molecule has 0 bridgehead atoms. The fraction of sp³-hybridized carbons (Fsp3) is 0.722. The summed E-state index contributed by atoms with van der Waals surface area (Å²) in [4.78, 5) is 30.6. The molecule has 2 atom stereocenters. The van der Waals surface area contributed by atoms with Gasteiger partial charge in [0, 0.05) is 58.0 Å². The van der Waals surface area contributed by atoms with Crippen LogP contribution in [-0.4, -0.2) is 75.1 Å².